The molecular formula is C51H58N10O6. The average molecular weight is 907 g/mol. The van der Waals surface area contributed by atoms with Crippen molar-refractivity contribution >= 4 is 58.4 Å². The highest BCUT2D eigenvalue weighted by molar-refractivity contribution is 6.11. The number of unbranched alkanes of at least 4 members (excludes halogenated alkanes) is 5. The van der Waals surface area contributed by atoms with Crippen LogP contribution in [0, 0.1) is 11.8 Å². The van der Waals surface area contributed by atoms with Crippen molar-refractivity contribution in [2.24, 2.45) is 0 Å². The number of nitrogens with zero attached hydrogens (tertiary/aromatic N) is 6. The van der Waals surface area contributed by atoms with Crippen molar-refractivity contribution in [1.82, 2.24) is 34.9 Å². The molecule has 3 fully saturated rings. The number of hydrogen-bond donors (Lipinski definition) is 4. The average Bonchev–Trinajstić information content (AvgIpc) is 3.60. The Bertz CT molecular complexity index is 2590. The summed E-state index contributed by atoms with van der Waals surface area (Å²) in [7, 11) is 0. The zero-order valence-electron chi connectivity index (χ0n) is 38.1. The van der Waals surface area contributed by atoms with Gasteiger partial charge in [0.15, 0.2) is 5.82 Å². The molecule has 5 aliphatic heterocycles. The molecule has 0 radical (unpaired) electrons. The standard InChI is InChI=1S/C51H58N10O6/c1-2-67-44-31-35(18-19-41(44)55-51-52-32-42-46(57-51)53-40-17-10-9-15-38(40)47(63)54-42)49(65)60-25-22-36(23-26-60)59-29-27-58(28-30-59)24-11-7-5-3-4-6-8-13-34-14-12-16-37-39(34)33-61(50(37)66)43-20-21-45(62)56-48(43)64/h9-10,12,14-19,31-32,36,43H,2-7,11,20-30,33H2,1H3,(H,54,63)(H,56,62,64)(H2,52,53,55,57). The van der Waals surface area contributed by atoms with Crippen molar-refractivity contribution in [3.05, 3.63) is 94.7 Å². The first kappa shape index (κ1) is 45.3. The van der Waals surface area contributed by atoms with Crippen LogP contribution < -0.4 is 26.0 Å². The Morgan fingerprint density at radius 2 is 1.63 bits per heavy atom. The Kier molecular flexibility index (Phi) is 14.1. The number of carbonyl (C=O) groups is 5. The molecule has 3 aromatic carbocycles. The summed E-state index contributed by atoms with van der Waals surface area (Å²) < 4.78 is 5.99. The van der Waals surface area contributed by atoms with Crippen LogP contribution in [0.15, 0.2) is 66.9 Å². The summed E-state index contributed by atoms with van der Waals surface area (Å²) in [6.07, 6.45) is 10.6. The predicted octanol–water partition coefficient (Wildman–Crippen LogP) is 6.30. The summed E-state index contributed by atoms with van der Waals surface area (Å²) in [4.78, 5) is 81.5. The van der Waals surface area contributed by atoms with E-state index in [1.165, 1.54) is 19.3 Å². The number of piperidine rings is 2. The van der Waals surface area contributed by atoms with E-state index in [-0.39, 0.29) is 30.0 Å². The van der Waals surface area contributed by atoms with Gasteiger partial charge in [0.25, 0.3) is 17.7 Å². The Morgan fingerprint density at radius 1 is 0.836 bits per heavy atom. The number of imide groups is 1. The van der Waals surface area contributed by atoms with Gasteiger partial charge in [-0.25, -0.2) is 4.98 Å². The van der Waals surface area contributed by atoms with Crippen LogP contribution in [0.4, 0.5) is 28.8 Å². The largest absolute Gasteiger partial charge is 0.492 e. The second-order valence-electron chi connectivity index (χ2n) is 17.8. The van der Waals surface area contributed by atoms with E-state index in [0.29, 0.717) is 76.9 Å². The van der Waals surface area contributed by atoms with Crippen LogP contribution in [0.3, 0.4) is 0 Å². The van der Waals surface area contributed by atoms with Crippen molar-refractivity contribution in [2.75, 3.05) is 68.4 Å². The molecule has 67 heavy (non-hydrogen) atoms. The Balaban J connectivity index is 0.666. The monoisotopic (exact) mass is 906 g/mol. The van der Waals surface area contributed by atoms with E-state index in [9.17, 15) is 24.0 Å². The molecule has 1 unspecified atom stereocenters. The molecule has 5 aliphatic rings. The lowest BCUT2D eigenvalue weighted by Crippen LogP contribution is -2.53. The smallest absolute Gasteiger partial charge is 0.257 e. The van der Waals surface area contributed by atoms with Gasteiger partial charge in [0.1, 0.15) is 17.5 Å². The number of fused-ring (bicyclic) bond motifs is 3. The lowest BCUT2D eigenvalue weighted by molar-refractivity contribution is -0.136. The van der Waals surface area contributed by atoms with Gasteiger partial charge in [-0.15, -0.1) is 0 Å². The first-order valence-corrected chi connectivity index (χ1v) is 23.8. The minimum Gasteiger partial charge on any atom is -0.492 e. The van der Waals surface area contributed by atoms with E-state index in [2.05, 4.69) is 52.9 Å². The highest BCUT2D eigenvalue weighted by atomic mass is 16.5. The molecule has 3 saturated heterocycles. The van der Waals surface area contributed by atoms with Gasteiger partial charge in [-0.1, -0.05) is 49.3 Å². The number of hydrogen-bond acceptors (Lipinski definition) is 12. The van der Waals surface area contributed by atoms with E-state index in [4.69, 9.17) is 4.74 Å². The van der Waals surface area contributed by atoms with Crippen molar-refractivity contribution in [2.45, 2.75) is 89.8 Å². The van der Waals surface area contributed by atoms with Gasteiger partial charge in [0, 0.05) is 81.4 Å². The van der Waals surface area contributed by atoms with E-state index in [0.717, 1.165) is 89.0 Å². The summed E-state index contributed by atoms with van der Waals surface area (Å²) in [5.41, 5.74) is 5.15. The third-order valence-electron chi connectivity index (χ3n) is 13.5. The molecule has 9 rings (SSSR count). The van der Waals surface area contributed by atoms with Crippen molar-refractivity contribution < 1.29 is 28.7 Å². The number of benzene rings is 3. The van der Waals surface area contributed by atoms with Crippen LogP contribution in [0.2, 0.25) is 0 Å². The minimum atomic E-state index is -0.625. The summed E-state index contributed by atoms with van der Waals surface area (Å²) in [6, 6.07) is 18.1. The SMILES string of the molecule is CCOc1cc(C(=O)N2CCC(N3CCN(CCCCCCCC#Cc4cccc5c4CN(C4CCC(=O)NC4=O)C5=O)CC3)CC2)ccc1Nc1ncc2c(n1)Nc1ccccc1C(=O)N2. The third kappa shape index (κ3) is 10.4. The number of carbonyl (C=O) groups excluding carboxylic acids is 5. The van der Waals surface area contributed by atoms with E-state index >= 15 is 0 Å². The molecule has 5 amide bonds. The maximum Gasteiger partial charge on any atom is 0.257 e. The van der Waals surface area contributed by atoms with Gasteiger partial charge < -0.3 is 35.4 Å². The van der Waals surface area contributed by atoms with Gasteiger partial charge in [-0.2, -0.15) is 4.98 Å². The van der Waals surface area contributed by atoms with E-state index in [1.54, 1.807) is 29.3 Å². The maximum absolute atomic E-state index is 13.8. The number of aromatic nitrogens is 2. The summed E-state index contributed by atoms with van der Waals surface area (Å²) in [5, 5.41) is 11.7. The zero-order valence-corrected chi connectivity index (χ0v) is 38.1. The second kappa shape index (κ2) is 20.8. The van der Waals surface area contributed by atoms with Crippen LogP contribution in [-0.4, -0.2) is 124 Å². The minimum absolute atomic E-state index is 0.000935. The molecule has 1 aromatic heterocycles. The molecule has 16 nitrogen and oxygen atoms in total. The van der Waals surface area contributed by atoms with Crippen molar-refractivity contribution in [3.8, 4) is 17.6 Å². The highest BCUT2D eigenvalue weighted by Crippen LogP contribution is 2.34. The topological polar surface area (TPSA) is 181 Å². The Hall–Kier alpha value is -6.83. The lowest BCUT2D eigenvalue weighted by Gasteiger charge is -2.42. The summed E-state index contributed by atoms with van der Waals surface area (Å²) in [5.74, 6) is 6.81. The fraction of sp³-hybridized carbons (Fsp3) is 0.431. The van der Waals surface area contributed by atoms with Gasteiger partial charge in [0.2, 0.25) is 17.8 Å². The zero-order chi connectivity index (χ0) is 46.3. The number of likely N-dealkylation sites (tertiary alicyclic amines) is 1. The van der Waals surface area contributed by atoms with Gasteiger partial charge in [-0.3, -0.25) is 34.2 Å². The normalized spacial score (nSPS) is 18.7. The van der Waals surface area contributed by atoms with Crippen LogP contribution in [0.25, 0.3) is 0 Å². The van der Waals surface area contributed by atoms with Gasteiger partial charge >= 0.3 is 0 Å². The van der Waals surface area contributed by atoms with Gasteiger partial charge in [-0.05, 0) is 93.6 Å². The lowest BCUT2D eigenvalue weighted by atomic mass is 10.0. The Labute approximate surface area is 391 Å². The van der Waals surface area contributed by atoms with Crippen LogP contribution in [0.5, 0.6) is 5.75 Å². The first-order chi connectivity index (χ1) is 32.7. The number of nitrogens with one attached hydrogen (secondary N) is 4. The molecule has 16 heteroatoms. The molecule has 0 aliphatic carbocycles. The number of amides is 5. The first-order valence-electron chi connectivity index (χ1n) is 23.8. The second-order valence-corrected chi connectivity index (χ2v) is 17.8. The van der Waals surface area contributed by atoms with Crippen LogP contribution in [-0.2, 0) is 16.1 Å². The number of para-hydroxylation sites is 1. The van der Waals surface area contributed by atoms with Crippen molar-refractivity contribution in [1.29, 1.82) is 0 Å². The van der Waals surface area contributed by atoms with Gasteiger partial charge in [0.05, 0.1) is 29.7 Å². The third-order valence-corrected chi connectivity index (χ3v) is 13.5. The maximum atomic E-state index is 13.8. The molecule has 4 aromatic rings. The molecular weight excluding hydrogens is 849 g/mol. The van der Waals surface area contributed by atoms with E-state index in [1.807, 2.05) is 54.3 Å². The summed E-state index contributed by atoms with van der Waals surface area (Å²) in [6.45, 7) is 9.49. The fourth-order valence-corrected chi connectivity index (χ4v) is 9.80. The molecule has 4 N–H and O–H groups in total. The Morgan fingerprint density at radius 3 is 2.45 bits per heavy atom. The number of anilines is 5. The molecule has 0 spiro atoms. The van der Waals surface area contributed by atoms with Crippen LogP contribution in [0.1, 0.15) is 113 Å². The van der Waals surface area contributed by atoms with Crippen molar-refractivity contribution in [3.63, 3.8) is 0 Å². The van der Waals surface area contributed by atoms with E-state index < -0.39 is 11.9 Å². The quantitative estimate of drug-likeness (QED) is 0.0631. The summed E-state index contributed by atoms with van der Waals surface area (Å²) >= 11 is 0. The van der Waals surface area contributed by atoms with Crippen LogP contribution >= 0.6 is 0 Å². The number of piperazine rings is 1. The number of ether oxygens (including phenoxy) is 1. The fourth-order valence-electron chi connectivity index (χ4n) is 9.80. The predicted molar refractivity (Wildman–Crippen MR) is 255 cm³/mol. The molecule has 0 saturated carbocycles. The molecule has 1 atom stereocenters. The highest BCUT2D eigenvalue weighted by Gasteiger charge is 2.40. The molecule has 6 heterocycles. The molecule has 0 bridgehead atoms. The molecule has 348 valence electrons. The number of rotatable bonds is 14.